The van der Waals surface area contributed by atoms with Gasteiger partial charge in [0.15, 0.2) is 0 Å². The Labute approximate surface area is 119 Å². The fourth-order valence-corrected chi connectivity index (χ4v) is 2.05. The lowest BCUT2D eigenvalue weighted by molar-refractivity contribution is -0.125. The van der Waals surface area contributed by atoms with Crippen LogP contribution in [0.2, 0.25) is 0 Å². The number of thioether (sulfide) groups is 1. The van der Waals surface area contributed by atoms with E-state index in [-0.39, 0.29) is 18.5 Å². The molecule has 102 valence electrons. The van der Waals surface area contributed by atoms with Crippen molar-refractivity contribution in [2.45, 2.75) is 24.4 Å². The SMILES string of the molecule is C#CCNC(=O)C(C)N(C)Cc1ccc(SC)cc1. The van der Waals surface area contributed by atoms with Crippen LogP contribution in [0, 0.1) is 12.3 Å². The summed E-state index contributed by atoms with van der Waals surface area (Å²) >= 11 is 1.72. The van der Waals surface area contributed by atoms with Gasteiger partial charge in [-0.1, -0.05) is 18.1 Å². The first-order valence-corrected chi connectivity index (χ1v) is 7.35. The van der Waals surface area contributed by atoms with Crippen molar-refractivity contribution in [2.75, 3.05) is 19.8 Å². The zero-order valence-corrected chi connectivity index (χ0v) is 12.5. The number of carbonyl (C=O) groups is 1. The number of benzene rings is 1. The molecule has 0 aliphatic heterocycles. The van der Waals surface area contributed by atoms with Crippen LogP contribution in [-0.2, 0) is 11.3 Å². The summed E-state index contributed by atoms with van der Waals surface area (Å²) in [6.45, 7) is 2.89. The molecule has 0 aliphatic carbocycles. The van der Waals surface area contributed by atoms with Gasteiger partial charge in [0.25, 0.3) is 0 Å². The van der Waals surface area contributed by atoms with E-state index in [1.165, 1.54) is 10.5 Å². The van der Waals surface area contributed by atoms with Crippen molar-refractivity contribution in [2.24, 2.45) is 0 Å². The van der Waals surface area contributed by atoms with Crippen LogP contribution in [0.5, 0.6) is 0 Å². The van der Waals surface area contributed by atoms with E-state index in [9.17, 15) is 4.79 Å². The van der Waals surface area contributed by atoms with Crippen LogP contribution < -0.4 is 5.32 Å². The molecule has 0 radical (unpaired) electrons. The number of rotatable bonds is 6. The molecule has 1 aromatic carbocycles. The summed E-state index contributed by atoms with van der Waals surface area (Å²) in [5.41, 5.74) is 1.19. The average molecular weight is 276 g/mol. The monoisotopic (exact) mass is 276 g/mol. The van der Waals surface area contributed by atoms with Gasteiger partial charge in [-0.05, 0) is 37.9 Å². The molecular formula is C15H20N2OS. The maximum atomic E-state index is 11.8. The normalized spacial score (nSPS) is 11.9. The van der Waals surface area contributed by atoms with Crippen LogP contribution in [0.25, 0.3) is 0 Å². The molecule has 0 bridgehead atoms. The number of amides is 1. The zero-order chi connectivity index (χ0) is 14.3. The number of nitrogens with one attached hydrogen (secondary N) is 1. The van der Waals surface area contributed by atoms with Gasteiger partial charge in [-0.15, -0.1) is 18.2 Å². The highest BCUT2D eigenvalue weighted by Crippen LogP contribution is 2.16. The molecule has 1 rings (SSSR count). The summed E-state index contributed by atoms with van der Waals surface area (Å²) in [5.74, 6) is 2.36. The minimum atomic E-state index is -0.200. The second-order valence-corrected chi connectivity index (χ2v) is 5.24. The number of hydrogen-bond acceptors (Lipinski definition) is 3. The summed E-state index contributed by atoms with van der Waals surface area (Å²) in [7, 11) is 1.93. The van der Waals surface area contributed by atoms with E-state index in [1.807, 2.05) is 18.9 Å². The first-order chi connectivity index (χ1) is 9.08. The molecule has 4 heteroatoms. The molecular weight excluding hydrogens is 256 g/mol. The fraction of sp³-hybridized carbons (Fsp3) is 0.400. The molecule has 0 aromatic heterocycles. The second kappa shape index (κ2) is 7.88. The minimum absolute atomic E-state index is 0.0406. The fourth-order valence-electron chi connectivity index (χ4n) is 1.64. The Bertz CT molecular complexity index is 450. The van der Waals surface area contributed by atoms with E-state index in [4.69, 9.17) is 6.42 Å². The molecule has 1 amide bonds. The Morgan fingerprint density at radius 1 is 1.47 bits per heavy atom. The molecule has 0 heterocycles. The van der Waals surface area contributed by atoms with Gasteiger partial charge in [-0.25, -0.2) is 0 Å². The van der Waals surface area contributed by atoms with Crippen molar-refractivity contribution in [3.05, 3.63) is 29.8 Å². The smallest absolute Gasteiger partial charge is 0.237 e. The van der Waals surface area contributed by atoms with Crippen molar-refractivity contribution in [1.82, 2.24) is 10.2 Å². The third-order valence-corrected chi connectivity index (χ3v) is 3.74. The number of terminal acetylenes is 1. The number of nitrogens with zero attached hydrogens (tertiary/aromatic N) is 1. The first-order valence-electron chi connectivity index (χ1n) is 6.12. The van der Waals surface area contributed by atoms with Crippen LogP contribution in [0.4, 0.5) is 0 Å². The standard InChI is InChI=1S/C15H20N2OS/c1-5-10-16-15(18)12(2)17(3)11-13-6-8-14(19-4)9-7-13/h1,6-9,12H,10-11H2,2-4H3,(H,16,18). The van der Waals surface area contributed by atoms with Crippen LogP contribution in [0.1, 0.15) is 12.5 Å². The molecule has 0 fully saturated rings. The average Bonchev–Trinajstić information content (AvgIpc) is 2.44. The molecule has 1 atom stereocenters. The van der Waals surface area contributed by atoms with Gasteiger partial charge in [-0.3, -0.25) is 9.69 Å². The Hall–Kier alpha value is -1.44. The Balaban J connectivity index is 2.55. The largest absolute Gasteiger partial charge is 0.344 e. The van der Waals surface area contributed by atoms with Gasteiger partial charge in [0, 0.05) is 11.4 Å². The van der Waals surface area contributed by atoms with Crippen molar-refractivity contribution in [3.63, 3.8) is 0 Å². The van der Waals surface area contributed by atoms with Gasteiger partial charge in [0.1, 0.15) is 0 Å². The lowest BCUT2D eigenvalue weighted by atomic mass is 10.2. The molecule has 1 unspecified atom stereocenters. The van der Waals surface area contributed by atoms with Gasteiger partial charge < -0.3 is 5.32 Å². The maximum absolute atomic E-state index is 11.8. The van der Waals surface area contributed by atoms with Gasteiger partial charge in [0.2, 0.25) is 5.91 Å². The van der Waals surface area contributed by atoms with Gasteiger partial charge in [0.05, 0.1) is 12.6 Å². The third-order valence-electron chi connectivity index (χ3n) is 3.00. The predicted molar refractivity (Wildman–Crippen MR) is 81.0 cm³/mol. The van der Waals surface area contributed by atoms with Crippen LogP contribution in [0.15, 0.2) is 29.2 Å². The molecule has 0 spiro atoms. The van der Waals surface area contributed by atoms with Crippen molar-refractivity contribution in [3.8, 4) is 12.3 Å². The topological polar surface area (TPSA) is 32.3 Å². The summed E-state index contributed by atoms with van der Waals surface area (Å²) in [4.78, 5) is 15.0. The molecule has 0 aliphatic rings. The molecule has 0 saturated heterocycles. The number of carbonyl (C=O) groups excluding carboxylic acids is 1. The van der Waals surface area contributed by atoms with Crippen molar-refractivity contribution in [1.29, 1.82) is 0 Å². The van der Waals surface area contributed by atoms with Crippen molar-refractivity contribution >= 4 is 17.7 Å². The van der Waals surface area contributed by atoms with Crippen LogP contribution in [0.3, 0.4) is 0 Å². The second-order valence-electron chi connectivity index (χ2n) is 4.36. The summed E-state index contributed by atoms with van der Waals surface area (Å²) < 4.78 is 0. The van der Waals surface area contributed by atoms with E-state index in [0.29, 0.717) is 0 Å². The van der Waals surface area contributed by atoms with Gasteiger partial charge in [-0.2, -0.15) is 0 Å². The first kappa shape index (κ1) is 15.6. The molecule has 1 N–H and O–H groups in total. The zero-order valence-electron chi connectivity index (χ0n) is 11.6. The van der Waals surface area contributed by atoms with E-state index in [0.717, 1.165) is 6.54 Å². The van der Waals surface area contributed by atoms with E-state index in [2.05, 4.69) is 41.8 Å². The molecule has 19 heavy (non-hydrogen) atoms. The third kappa shape index (κ3) is 4.98. The van der Waals surface area contributed by atoms with E-state index >= 15 is 0 Å². The Kier molecular flexibility index (Phi) is 6.48. The predicted octanol–water partition coefficient (Wildman–Crippen LogP) is 1.98. The molecule has 0 saturated carbocycles. The number of likely N-dealkylation sites (N-methyl/N-ethyl adjacent to an activating group) is 1. The highest BCUT2D eigenvalue weighted by Gasteiger charge is 2.17. The van der Waals surface area contributed by atoms with Gasteiger partial charge >= 0.3 is 0 Å². The van der Waals surface area contributed by atoms with Crippen LogP contribution in [-0.4, -0.2) is 36.7 Å². The molecule has 3 nitrogen and oxygen atoms in total. The van der Waals surface area contributed by atoms with E-state index in [1.54, 1.807) is 11.8 Å². The summed E-state index contributed by atoms with van der Waals surface area (Å²) in [5, 5.41) is 2.70. The maximum Gasteiger partial charge on any atom is 0.237 e. The molecule has 1 aromatic rings. The summed E-state index contributed by atoms with van der Waals surface area (Å²) in [6.07, 6.45) is 7.18. The van der Waals surface area contributed by atoms with Crippen LogP contribution >= 0.6 is 11.8 Å². The highest BCUT2D eigenvalue weighted by atomic mass is 32.2. The van der Waals surface area contributed by atoms with E-state index < -0.39 is 0 Å². The Morgan fingerprint density at radius 3 is 2.63 bits per heavy atom. The lowest BCUT2D eigenvalue weighted by Crippen LogP contribution is -2.42. The highest BCUT2D eigenvalue weighted by molar-refractivity contribution is 7.98. The quantitative estimate of drug-likeness (QED) is 0.637. The minimum Gasteiger partial charge on any atom is -0.344 e. The Morgan fingerprint density at radius 2 is 2.11 bits per heavy atom. The van der Waals surface area contributed by atoms with Crippen molar-refractivity contribution < 1.29 is 4.79 Å². The summed E-state index contributed by atoms with van der Waals surface area (Å²) in [6, 6.07) is 8.17. The number of hydrogen-bond donors (Lipinski definition) is 1. The lowest BCUT2D eigenvalue weighted by Gasteiger charge is -2.23.